The molecule has 1 aliphatic rings. The number of rotatable bonds is 3. The molecule has 3 N–H and O–H groups in total. The molecule has 3 nitrogen and oxygen atoms in total. The van der Waals surface area contributed by atoms with Crippen LogP contribution in [0.4, 0.5) is 5.69 Å². The Morgan fingerprint density at radius 3 is 2.94 bits per heavy atom. The topological polar surface area (TPSA) is 47.3 Å². The van der Waals surface area contributed by atoms with Crippen molar-refractivity contribution in [2.45, 2.75) is 31.7 Å². The summed E-state index contributed by atoms with van der Waals surface area (Å²) < 4.78 is 5.40. The Bertz CT molecular complexity index is 359. The Kier molecular flexibility index (Phi) is 3.34. The first kappa shape index (κ1) is 11.3. The van der Waals surface area contributed by atoms with Crippen molar-refractivity contribution in [3.05, 3.63) is 23.8 Å². The van der Waals surface area contributed by atoms with Crippen molar-refractivity contribution in [1.82, 2.24) is 5.32 Å². The molecule has 0 amide bonds. The largest absolute Gasteiger partial charge is 0.496 e. The minimum Gasteiger partial charge on any atom is -0.496 e. The van der Waals surface area contributed by atoms with Crippen molar-refractivity contribution in [2.24, 2.45) is 0 Å². The number of anilines is 1. The second-order valence-electron chi connectivity index (χ2n) is 4.49. The van der Waals surface area contributed by atoms with E-state index in [1.807, 2.05) is 18.2 Å². The van der Waals surface area contributed by atoms with E-state index in [2.05, 4.69) is 12.2 Å². The molecule has 2 atom stereocenters. The molecule has 1 saturated heterocycles. The number of hydrogen-bond donors (Lipinski definition) is 2. The van der Waals surface area contributed by atoms with Crippen LogP contribution in [0.15, 0.2) is 18.2 Å². The molecule has 2 rings (SSSR count). The maximum absolute atomic E-state index is 5.84. The standard InChI is InChI=1S/C13H20N2O/c1-9(12-4-3-7-15-12)11-8-10(14)5-6-13(11)16-2/h5-6,8-9,12,15H,3-4,7,14H2,1-2H3. The Morgan fingerprint density at radius 1 is 1.50 bits per heavy atom. The van der Waals surface area contributed by atoms with E-state index < -0.39 is 0 Å². The van der Waals surface area contributed by atoms with Crippen molar-refractivity contribution in [1.29, 1.82) is 0 Å². The third-order valence-corrected chi connectivity index (χ3v) is 3.45. The van der Waals surface area contributed by atoms with Gasteiger partial charge in [0.25, 0.3) is 0 Å². The highest BCUT2D eigenvalue weighted by Crippen LogP contribution is 2.33. The first-order chi connectivity index (χ1) is 7.72. The number of nitrogens with two attached hydrogens (primary N) is 1. The van der Waals surface area contributed by atoms with E-state index in [0.717, 1.165) is 18.0 Å². The quantitative estimate of drug-likeness (QED) is 0.767. The molecule has 0 aliphatic carbocycles. The zero-order valence-corrected chi connectivity index (χ0v) is 9.99. The van der Waals surface area contributed by atoms with Gasteiger partial charge in [-0.3, -0.25) is 0 Å². The third-order valence-electron chi connectivity index (χ3n) is 3.45. The summed E-state index contributed by atoms with van der Waals surface area (Å²) in [5.41, 5.74) is 7.86. The fraction of sp³-hybridized carbons (Fsp3) is 0.538. The van der Waals surface area contributed by atoms with Gasteiger partial charge >= 0.3 is 0 Å². The average Bonchev–Trinajstić information content (AvgIpc) is 2.81. The van der Waals surface area contributed by atoms with Crippen LogP contribution >= 0.6 is 0 Å². The molecule has 0 spiro atoms. The number of hydrogen-bond acceptors (Lipinski definition) is 3. The maximum atomic E-state index is 5.84. The van der Waals surface area contributed by atoms with Gasteiger partial charge in [0.1, 0.15) is 5.75 Å². The monoisotopic (exact) mass is 220 g/mol. The van der Waals surface area contributed by atoms with E-state index in [0.29, 0.717) is 12.0 Å². The van der Waals surface area contributed by atoms with Crippen LogP contribution in [0.1, 0.15) is 31.2 Å². The molecule has 16 heavy (non-hydrogen) atoms. The van der Waals surface area contributed by atoms with Crippen molar-refractivity contribution in [3.8, 4) is 5.75 Å². The van der Waals surface area contributed by atoms with Gasteiger partial charge in [-0.1, -0.05) is 6.92 Å². The zero-order valence-electron chi connectivity index (χ0n) is 9.99. The summed E-state index contributed by atoms with van der Waals surface area (Å²) in [5, 5.41) is 3.53. The van der Waals surface area contributed by atoms with Crippen LogP contribution in [0.2, 0.25) is 0 Å². The van der Waals surface area contributed by atoms with E-state index >= 15 is 0 Å². The van der Waals surface area contributed by atoms with Gasteiger partial charge in [0.2, 0.25) is 0 Å². The molecule has 1 aromatic carbocycles. The summed E-state index contributed by atoms with van der Waals surface area (Å²) >= 11 is 0. The molecule has 0 aromatic heterocycles. The molecule has 1 aromatic rings. The Balaban J connectivity index is 2.26. The van der Waals surface area contributed by atoms with Crippen LogP contribution in [0, 0.1) is 0 Å². The first-order valence-corrected chi connectivity index (χ1v) is 5.89. The molecular weight excluding hydrogens is 200 g/mol. The molecule has 1 heterocycles. The van der Waals surface area contributed by atoms with Gasteiger partial charge in [0.15, 0.2) is 0 Å². The van der Waals surface area contributed by atoms with E-state index in [-0.39, 0.29) is 0 Å². The number of ether oxygens (including phenoxy) is 1. The van der Waals surface area contributed by atoms with Gasteiger partial charge in [0, 0.05) is 23.2 Å². The summed E-state index contributed by atoms with van der Waals surface area (Å²) in [6, 6.07) is 6.42. The van der Waals surface area contributed by atoms with Crippen molar-refractivity contribution >= 4 is 5.69 Å². The number of methoxy groups -OCH3 is 1. The van der Waals surface area contributed by atoms with Crippen LogP contribution in [-0.4, -0.2) is 19.7 Å². The summed E-state index contributed by atoms with van der Waals surface area (Å²) in [6.45, 7) is 3.36. The van der Waals surface area contributed by atoms with Gasteiger partial charge < -0.3 is 15.8 Å². The fourth-order valence-electron chi connectivity index (χ4n) is 2.46. The predicted molar refractivity (Wildman–Crippen MR) is 66.8 cm³/mol. The van der Waals surface area contributed by atoms with Crippen LogP contribution in [0.25, 0.3) is 0 Å². The molecule has 0 bridgehead atoms. The molecule has 0 radical (unpaired) electrons. The third kappa shape index (κ3) is 2.14. The van der Waals surface area contributed by atoms with Crippen LogP contribution in [0.5, 0.6) is 5.75 Å². The first-order valence-electron chi connectivity index (χ1n) is 5.89. The van der Waals surface area contributed by atoms with Gasteiger partial charge in [-0.25, -0.2) is 0 Å². The number of nitrogens with one attached hydrogen (secondary N) is 1. The smallest absolute Gasteiger partial charge is 0.122 e. The summed E-state index contributed by atoms with van der Waals surface area (Å²) in [7, 11) is 1.71. The number of benzene rings is 1. The lowest BCUT2D eigenvalue weighted by atomic mass is 9.91. The Hall–Kier alpha value is -1.22. The lowest BCUT2D eigenvalue weighted by molar-refractivity contribution is 0.399. The maximum Gasteiger partial charge on any atom is 0.122 e. The molecule has 88 valence electrons. The average molecular weight is 220 g/mol. The molecular formula is C13H20N2O. The summed E-state index contributed by atoms with van der Waals surface area (Å²) in [6.07, 6.45) is 2.50. The predicted octanol–water partition coefficient (Wildman–Crippen LogP) is 2.13. The van der Waals surface area contributed by atoms with Gasteiger partial charge in [0.05, 0.1) is 7.11 Å². The van der Waals surface area contributed by atoms with E-state index in [1.165, 1.54) is 18.4 Å². The van der Waals surface area contributed by atoms with E-state index in [4.69, 9.17) is 10.5 Å². The van der Waals surface area contributed by atoms with Gasteiger partial charge in [-0.05, 0) is 37.6 Å². The van der Waals surface area contributed by atoms with Crippen molar-refractivity contribution < 1.29 is 4.74 Å². The minimum absolute atomic E-state index is 0.445. The highest BCUT2D eigenvalue weighted by atomic mass is 16.5. The van der Waals surface area contributed by atoms with Crippen LogP contribution < -0.4 is 15.8 Å². The second-order valence-corrected chi connectivity index (χ2v) is 4.49. The summed E-state index contributed by atoms with van der Waals surface area (Å²) in [5.74, 6) is 1.39. The molecule has 1 fully saturated rings. The van der Waals surface area contributed by atoms with Crippen LogP contribution in [-0.2, 0) is 0 Å². The van der Waals surface area contributed by atoms with Gasteiger partial charge in [-0.2, -0.15) is 0 Å². The van der Waals surface area contributed by atoms with E-state index in [9.17, 15) is 0 Å². The molecule has 3 heteroatoms. The molecule has 1 aliphatic heterocycles. The normalized spacial score (nSPS) is 22.0. The van der Waals surface area contributed by atoms with Crippen molar-refractivity contribution in [3.63, 3.8) is 0 Å². The lowest BCUT2D eigenvalue weighted by Gasteiger charge is -2.22. The Morgan fingerprint density at radius 2 is 2.31 bits per heavy atom. The molecule has 2 unspecified atom stereocenters. The minimum atomic E-state index is 0.445. The number of nitrogen functional groups attached to an aromatic ring is 1. The van der Waals surface area contributed by atoms with E-state index in [1.54, 1.807) is 7.11 Å². The zero-order chi connectivity index (χ0) is 11.5. The lowest BCUT2D eigenvalue weighted by Crippen LogP contribution is -2.27. The highest BCUT2D eigenvalue weighted by molar-refractivity contribution is 5.49. The van der Waals surface area contributed by atoms with Gasteiger partial charge in [-0.15, -0.1) is 0 Å². The fourth-order valence-corrected chi connectivity index (χ4v) is 2.46. The highest BCUT2D eigenvalue weighted by Gasteiger charge is 2.24. The van der Waals surface area contributed by atoms with Crippen molar-refractivity contribution in [2.75, 3.05) is 19.4 Å². The SMILES string of the molecule is COc1ccc(N)cc1C(C)C1CCCN1. The second kappa shape index (κ2) is 4.74. The van der Waals surface area contributed by atoms with Crippen LogP contribution in [0.3, 0.4) is 0 Å². The Labute approximate surface area is 97.0 Å². The molecule has 0 saturated carbocycles. The summed E-state index contributed by atoms with van der Waals surface area (Å²) in [4.78, 5) is 0.